The normalized spacial score (nSPS) is 13.5. The topological polar surface area (TPSA) is 97.2 Å². The van der Waals surface area contributed by atoms with Gasteiger partial charge in [-0.3, -0.25) is 9.36 Å². The molecule has 0 saturated heterocycles. The zero-order chi connectivity index (χ0) is 28.2. The molecule has 0 aliphatic carbocycles. The van der Waals surface area contributed by atoms with Crippen LogP contribution in [0.1, 0.15) is 47.1 Å². The van der Waals surface area contributed by atoms with E-state index in [1.54, 1.807) is 45.0 Å². The van der Waals surface area contributed by atoms with Crippen molar-refractivity contribution in [3.8, 4) is 11.4 Å². The zero-order valence-corrected chi connectivity index (χ0v) is 25.6. The Morgan fingerprint density at radius 3 is 2.32 bits per heavy atom. The SMILES string of the molecule is CC[C@@H](C)n1c(S[C@H](C)C(=O)Nc2cc(Cl)c(Cl)cc2Cl)nnc1-c1cccc(S(=O)(=O)N(CC)CC)c1. The van der Waals surface area contributed by atoms with Crippen LogP contribution in [-0.2, 0) is 14.8 Å². The molecule has 0 spiro atoms. The Kier molecular flexibility index (Phi) is 10.5. The predicted molar refractivity (Wildman–Crippen MR) is 156 cm³/mol. The van der Waals surface area contributed by atoms with E-state index >= 15 is 0 Å². The number of hydrogen-bond acceptors (Lipinski definition) is 6. The number of benzene rings is 2. The van der Waals surface area contributed by atoms with Gasteiger partial charge in [0.25, 0.3) is 0 Å². The molecule has 1 aromatic heterocycles. The Morgan fingerprint density at radius 1 is 1.03 bits per heavy atom. The maximum absolute atomic E-state index is 13.1. The van der Waals surface area contributed by atoms with Gasteiger partial charge in [-0.2, -0.15) is 4.31 Å². The maximum atomic E-state index is 13.1. The van der Waals surface area contributed by atoms with Crippen LogP contribution in [0.4, 0.5) is 5.69 Å². The number of halogens is 3. The van der Waals surface area contributed by atoms with E-state index in [1.807, 2.05) is 18.4 Å². The lowest BCUT2D eigenvalue weighted by Crippen LogP contribution is -2.30. The van der Waals surface area contributed by atoms with Crippen LogP contribution < -0.4 is 5.32 Å². The number of anilines is 1. The maximum Gasteiger partial charge on any atom is 0.243 e. The summed E-state index contributed by atoms with van der Waals surface area (Å²) in [6.07, 6.45) is 0.773. The van der Waals surface area contributed by atoms with Crippen LogP contribution in [0.5, 0.6) is 0 Å². The fourth-order valence-corrected chi connectivity index (χ4v) is 6.76. The zero-order valence-electron chi connectivity index (χ0n) is 21.7. The molecule has 0 radical (unpaired) electrons. The quantitative estimate of drug-likeness (QED) is 0.183. The Bertz CT molecular complexity index is 1410. The number of carbonyl (C=O) groups excluding carboxylic acids is 1. The molecule has 3 aromatic rings. The van der Waals surface area contributed by atoms with E-state index in [0.717, 1.165) is 6.42 Å². The standard InChI is InChI=1S/C25H30Cl3N5O3S2/c1-6-15(4)33-23(17-10-9-11-18(12-17)38(35,36)32(7-2)8-3)30-31-25(33)37-16(5)24(34)29-22-14-20(27)19(26)13-21(22)28/h9-16H,6-8H2,1-5H3,(H,29,34)/t15-,16-/m1/s1. The van der Waals surface area contributed by atoms with E-state index in [1.165, 1.54) is 28.2 Å². The molecule has 2 aromatic carbocycles. The fourth-order valence-electron chi connectivity index (χ4n) is 3.71. The number of sulfonamides is 1. The molecule has 13 heteroatoms. The third kappa shape index (κ3) is 6.66. The van der Waals surface area contributed by atoms with Crippen molar-refractivity contribution < 1.29 is 13.2 Å². The molecule has 1 heterocycles. The molecular formula is C25H30Cl3N5O3S2. The van der Waals surface area contributed by atoms with Crippen LogP contribution in [0, 0.1) is 0 Å². The summed E-state index contributed by atoms with van der Waals surface area (Å²) in [5, 5.41) is 12.4. The van der Waals surface area contributed by atoms with Crippen molar-refractivity contribution in [3.05, 3.63) is 51.5 Å². The average Bonchev–Trinajstić information content (AvgIpc) is 3.30. The van der Waals surface area contributed by atoms with Crippen molar-refractivity contribution in [1.29, 1.82) is 0 Å². The Morgan fingerprint density at radius 2 is 1.68 bits per heavy atom. The number of nitrogens with zero attached hydrogens (tertiary/aromatic N) is 4. The third-order valence-corrected chi connectivity index (χ3v) is 10.2. The molecule has 38 heavy (non-hydrogen) atoms. The molecule has 0 fully saturated rings. The first-order valence-electron chi connectivity index (χ1n) is 12.1. The second-order valence-corrected chi connectivity index (χ2v) is 13.0. The predicted octanol–water partition coefficient (Wildman–Crippen LogP) is 7.03. The van der Waals surface area contributed by atoms with Gasteiger partial charge in [0.15, 0.2) is 11.0 Å². The molecular weight excluding hydrogens is 589 g/mol. The highest BCUT2D eigenvalue weighted by Gasteiger charge is 2.26. The molecule has 0 aliphatic heterocycles. The Balaban J connectivity index is 1.92. The first kappa shape index (κ1) is 30.7. The number of amides is 1. The summed E-state index contributed by atoms with van der Waals surface area (Å²) in [7, 11) is -3.64. The van der Waals surface area contributed by atoms with E-state index in [2.05, 4.69) is 15.5 Å². The number of aromatic nitrogens is 3. The highest BCUT2D eigenvalue weighted by Crippen LogP contribution is 2.35. The first-order valence-corrected chi connectivity index (χ1v) is 15.6. The minimum atomic E-state index is -3.64. The van der Waals surface area contributed by atoms with E-state index in [-0.39, 0.29) is 26.9 Å². The van der Waals surface area contributed by atoms with Gasteiger partial charge in [-0.15, -0.1) is 10.2 Å². The van der Waals surface area contributed by atoms with Crippen LogP contribution in [0.25, 0.3) is 11.4 Å². The summed E-state index contributed by atoms with van der Waals surface area (Å²) < 4.78 is 29.5. The Hall–Kier alpha value is -1.82. The molecule has 1 amide bonds. The largest absolute Gasteiger partial charge is 0.324 e. The number of nitrogens with one attached hydrogen (secondary N) is 1. The molecule has 0 bridgehead atoms. The lowest BCUT2D eigenvalue weighted by Gasteiger charge is -2.20. The summed E-state index contributed by atoms with van der Waals surface area (Å²) in [6, 6.07) is 9.67. The lowest BCUT2D eigenvalue weighted by atomic mass is 10.2. The highest BCUT2D eigenvalue weighted by atomic mass is 35.5. The van der Waals surface area contributed by atoms with Crippen LogP contribution in [0.15, 0.2) is 46.5 Å². The molecule has 3 rings (SSSR count). The minimum Gasteiger partial charge on any atom is -0.324 e. The lowest BCUT2D eigenvalue weighted by molar-refractivity contribution is -0.115. The number of rotatable bonds is 11. The molecule has 0 unspecified atom stereocenters. The summed E-state index contributed by atoms with van der Waals surface area (Å²) in [5.74, 6) is 0.224. The van der Waals surface area contributed by atoms with Crippen molar-refractivity contribution in [3.63, 3.8) is 0 Å². The molecule has 206 valence electrons. The van der Waals surface area contributed by atoms with E-state index in [4.69, 9.17) is 34.8 Å². The van der Waals surface area contributed by atoms with Crippen LogP contribution in [-0.4, -0.2) is 51.7 Å². The second kappa shape index (κ2) is 13.0. The van der Waals surface area contributed by atoms with Gasteiger partial charge in [-0.25, -0.2) is 8.42 Å². The highest BCUT2D eigenvalue weighted by molar-refractivity contribution is 8.00. The fraction of sp³-hybridized carbons (Fsp3) is 0.400. The third-order valence-electron chi connectivity index (χ3n) is 6.05. The van der Waals surface area contributed by atoms with Gasteiger partial charge in [0.05, 0.1) is 30.9 Å². The summed E-state index contributed by atoms with van der Waals surface area (Å²) in [4.78, 5) is 13.2. The molecule has 2 atom stereocenters. The molecule has 8 nitrogen and oxygen atoms in total. The van der Waals surface area contributed by atoms with Gasteiger partial charge >= 0.3 is 0 Å². The molecule has 1 N–H and O–H groups in total. The van der Waals surface area contributed by atoms with Crippen molar-refractivity contribution in [1.82, 2.24) is 19.1 Å². The van der Waals surface area contributed by atoms with Crippen molar-refractivity contribution in [2.24, 2.45) is 0 Å². The number of carbonyl (C=O) groups is 1. The van der Waals surface area contributed by atoms with Gasteiger partial charge in [-0.1, -0.05) is 79.5 Å². The van der Waals surface area contributed by atoms with E-state index in [0.29, 0.717) is 40.3 Å². The van der Waals surface area contributed by atoms with E-state index in [9.17, 15) is 13.2 Å². The Labute approximate surface area is 243 Å². The van der Waals surface area contributed by atoms with Gasteiger partial charge < -0.3 is 5.32 Å². The van der Waals surface area contributed by atoms with E-state index < -0.39 is 15.3 Å². The van der Waals surface area contributed by atoms with Gasteiger partial charge in [0.1, 0.15) is 0 Å². The van der Waals surface area contributed by atoms with Crippen LogP contribution >= 0.6 is 46.6 Å². The van der Waals surface area contributed by atoms with Crippen LogP contribution in [0.3, 0.4) is 0 Å². The monoisotopic (exact) mass is 617 g/mol. The van der Waals surface area contributed by atoms with Crippen molar-refractivity contribution in [2.45, 2.75) is 62.4 Å². The van der Waals surface area contributed by atoms with Gasteiger partial charge in [-0.05, 0) is 44.5 Å². The van der Waals surface area contributed by atoms with Gasteiger partial charge in [0, 0.05) is 24.7 Å². The van der Waals surface area contributed by atoms with Crippen molar-refractivity contribution in [2.75, 3.05) is 18.4 Å². The summed E-state index contributed by atoms with van der Waals surface area (Å²) >= 11 is 19.5. The average molecular weight is 619 g/mol. The first-order chi connectivity index (χ1) is 17.9. The minimum absolute atomic E-state index is 0.00896. The second-order valence-electron chi connectivity index (χ2n) is 8.55. The van der Waals surface area contributed by atoms with Gasteiger partial charge in [0.2, 0.25) is 15.9 Å². The number of hydrogen-bond donors (Lipinski definition) is 1. The van der Waals surface area contributed by atoms with Crippen LogP contribution in [0.2, 0.25) is 15.1 Å². The molecule has 0 aliphatic rings. The van der Waals surface area contributed by atoms with Crippen molar-refractivity contribution >= 4 is 68.2 Å². The number of thioether (sulfide) groups is 1. The smallest absolute Gasteiger partial charge is 0.243 e. The summed E-state index contributed by atoms with van der Waals surface area (Å²) in [6.45, 7) is 10.2. The molecule has 0 saturated carbocycles. The summed E-state index contributed by atoms with van der Waals surface area (Å²) in [5.41, 5.74) is 0.978.